The first-order valence-electron chi connectivity index (χ1n) is 3.69. The predicted octanol–water partition coefficient (Wildman–Crippen LogP) is 2.44. The van der Waals surface area contributed by atoms with Crippen molar-refractivity contribution in [3.05, 3.63) is 28.5 Å². The summed E-state index contributed by atoms with van der Waals surface area (Å²) in [6.45, 7) is 1.99. The minimum absolute atomic E-state index is 0.929. The van der Waals surface area contributed by atoms with E-state index in [1.165, 1.54) is 0 Å². The molecule has 0 spiro atoms. The van der Waals surface area contributed by atoms with Crippen molar-refractivity contribution in [3.8, 4) is 0 Å². The Morgan fingerprint density at radius 3 is 3.08 bits per heavy atom. The monoisotopic (exact) mass is 223 g/mol. The molecule has 0 atom stereocenters. The van der Waals surface area contributed by atoms with E-state index in [-0.39, 0.29) is 0 Å². The normalized spacial score (nSPS) is 10.9. The Kier molecular flexibility index (Phi) is 1.68. The van der Waals surface area contributed by atoms with Gasteiger partial charge in [0.25, 0.3) is 0 Å². The number of hydrogen-bond donors (Lipinski definition) is 0. The lowest BCUT2D eigenvalue weighted by atomic mass is 10.3. The molecule has 0 amide bonds. The van der Waals surface area contributed by atoms with E-state index in [1.807, 2.05) is 26.1 Å². The third-order valence-corrected chi connectivity index (χ3v) is 2.44. The van der Waals surface area contributed by atoms with Crippen LogP contribution in [0.15, 0.2) is 16.6 Å². The number of aryl methyl sites for hydroxylation is 2. The number of aromatic nitrogens is 2. The van der Waals surface area contributed by atoms with Gasteiger partial charge in [-0.3, -0.25) is 0 Å². The maximum atomic E-state index is 4.34. The summed E-state index contributed by atoms with van der Waals surface area (Å²) in [5.41, 5.74) is 2.04. The van der Waals surface area contributed by atoms with Crippen LogP contribution >= 0.6 is 15.9 Å². The zero-order valence-corrected chi connectivity index (χ0v) is 8.51. The third-order valence-electron chi connectivity index (χ3n) is 1.98. The number of imidazole rings is 1. The average Bonchev–Trinajstić information content (AvgIpc) is 2.31. The van der Waals surface area contributed by atoms with E-state index in [2.05, 4.69) is 31.5 Å². The van der Waals surface area contributed by atoms with E-state index >= 15 is 0 Å². The van der Waals surface area contributed by atoms with Crippen molar-refractivity contribution in [1.82, 2.24) is 9.55 Å². The summed E-state index contributed by atoms with van der Waals surface area (Å²) in [7, 11) is 2.00. The highest BCUT2D eigenvalue weighted by molar-refractivity contribution is 9.10. The molecule has 1 aromatic carbocycles. The van der Waals surface area contributed by atoms with Gasteiger partial charge in [-0.25, -0.2) is 4.98 Å². The first-order valence-corrected chi connectivity index (χ1v) is 4.48. The highest BCUT2D eigenvalue weighted by Crippen LogP contribution is 2.18. The van der Waals surface area contributed by atoms with Crippen LogP contribution in [0.5, 0.6) is 0 Å². The van der Waals surface area contributed by atoms with E-state index in [0.29, 0.717) is 0 Å². The molecule has 0 saturated heterocycles. The van der Waals surface area contributed by atoms with Crippen LogP contribution in [-0.2, 0) is 7.05 Å². The summed E-state index contributed by atoms with van der Waals surface area (Å²) in [6, 6.07) is 7.03. The minimum Gasteiger partial charge on any atom is -0.331 e. The largest absolute Gasteiger partial charge is 0.331 e. The molecule has 2 aromatic rings. The molecule has 0 unspecified atom stereocenters. The van der Waals surface area contributed by atoms with E-state index < -0.39 is 0 Å². The minimum atomic E-state index is 0.929. The average molecular weight is 224 g/mol. The lowest BCUT2D eigenvalue weighted by molar-refractivity contribution is 0.886. The second kappa shape index (κ2) is 2.59. The van der Waals surface area contributed by atoms with E-state index in [1.54, 1.807) is 0 Å². The fourth-order valence-electron chi connectivity index (χ4n) is 1.21. The second-order valence-corrected chi connectivity index (χ2v) is 3.69. The van der Waals surface area contributed by atoms with Crippen molar-refractivity contribution < 1.29 is 0 Å². The molecule has 1 heterocycles. The number of nitrogens with zero attached hydrogens (tertiary/aromatic N) is 2. The molecule has 0 aliphatic heterocycles. The van der Waals surface area contributed by atoms with Crippen LogP contribution in [0.1, 0.15) is 5.82 Å². The van der Waals surface area contributed by atoms with Crippen LogP contribution in [-0.4, -0.2) is 9.55 Å². The van der Waals surface area contributed by atoms with E-state index in [9.17, 15) is 0 Å². The molecule has 2 rings (SSSR count). The molecule has 61 valence electrons. The Balaban J connectivity index is 2.88. The van der Waals surface area contributed by atoms with Gasteiger partial charge in [0.05, 0.1) is 11.0 Å². The maximum Gasteiger partial charge on any atom is 0.106 e. The molecule has 1 radical (unpaired) electrons. The Bertz CT molecular complexity index is 431. The summed E-state index contributed by atoms with van der Waals surface area (Å²) in [6.07, 6.45) is 0. The molecule has 1 aromatic heterocycles. The van der Waals surface area contributed by atoms with Gasteiger partial charge in [-0.05, 0) is 19.1 Å². The summed E-state index contributed by atoms with van der Waals surface area (Å²) in [5.74, 6) is 1.01. The van der Waals surface area contributed by atoms with Gasteiger partial charge in [-0.1, -0.05) is 15.9 Å². The van der Waals surface area contributed by atoms with E-state index in [0.717, 1.165) is 21.3 Å². The smallest absolute Gasteiger partial charge is 0.106 e. The SMILES string of the molecule is Cc1nc2[c]cc(Br)cc2n1C. The van der Waals surface area contributed by atoms with Gasteiger partial charge in [-0.15, -0.1) is 0 Å². The summed E-state index contributed by atoms with van der Waals surface area (Å²) in [4.78, 5) is 4.34. The molecule has 0 saturated carbocycles. The first-order chi connectivity index (χ1) is 5.68. The summed E-state index contributed by atoms with van der Waals surface area (Å²) < 4.78 is 3.09. The quantitative estimate of drug-likeness (QED) is 0.672. The third kappa shape index (κ3) is 1.05. The molecule has 0 bridgehead atoms. The van der Waals surface area contributed by atoms with Gasteiger partial charge in [0.1, 0.15) is 5.82 Å². The number of fused-ring (bicyclic) bond motifs is 1. The summed E-state index contributed by atoms with van der Waals surface area (Å²) >= 11 is 3.40. The van der Waals surface area contributed by atoms with Gasteiger partial charge >= 0.3 is 0 Å². The number of halogens is 1. The molecule has 3 heteroatoms. The Labute approximate surface area is 79.3 Å². The van der Waals surface area contributed by atoms with Crippen LogP contribution in [0.25, 0.3) is 11.0 Å². The number of hydrogen-bond acceptors (Lipinski definition) is 1. The standard InChI is InChI=1S/C9H8BrN2/c1-6-11-8-4-3-7(10)5-9(8)12(6)2/h3,5H,1-2H3. The predicted molar refractivity (Wildman–Crippen MR) is 52.0 cm³/mol. The van der Waals surface area contributed by atoms with Crippen LogP contribution in [0.2, 0.25) is 0 Å². The van der Waals surface area contributed by atoms with Crippen molar-refractivity contribution in [2.45, 2.75) is 6.92 Å². The van der Waals surface area contributed by atoms with Gasteiger partial charge < -0.3 is 4.57 Å². The van der Waals surface area contributed by atoms with E-state index in [4.69, 9.17) is 0 Å². The van der Waals surface area contributed by atoms with Crippen molar-refractivity contribution >= 4 is 27.0 Å². The zero-order valence-electron chi connectivity index (χ0n) is 6.93. The summed E-state index contributed by atoms with van der Waals surface area (Å²) in [5, 5.41) is 0. The van der Waals surface area contributed by atoms with Crippen molar-refractivity contribution in [2.75, 3.05) is 0 Å². The van der Waals surface area contributed by atoms with Crippen LogP contribution in [0.4, 0.5) is 0 Å². The fraction of sp³-hybridized carbons (Fsp3) is 0.222. The second-order valence-electron chi connectivity index (χ2n) is 2.77. The lowest BCUT2D eigenvalue weighted by Crippen LogP contribution is -1.89. The molecule has 0 aliphatic carbocycles. The highest BCUT2D eigenvalue weighted by atomic mass is 79.9. The van der Waals surface area contributed by atoms with Crippen LogP contribution < -0.4 is 0 Å². The molecular formula is C9H8BrN2. The van der Waals surface area contributed by atoms with Crippen LogP contribution in [0, 0.1) is 13.0 Å². The Morgan fingerprint density at radius 2 is 2.33 bits per heavy atom. The molecule has 12 heavy (non-hydrogen) atoms. The van der Waals surface area contributed by atoms with Crippen LogP contribution in [0.3, 0.4) is 0 Å². The molecule has 0 fully saturated rings. The van der Waals surface area contributed by atoms with Gasteiger partial charge in [0.2, 0.25) is 0 Å². The molecule has 2 nitrogen and oxygen atoms in total. The van der Waals surface area contributed by atoms with Crippen molar-refractivity contribution in [2.24, 2.45) is 7.05 Å². The maximum absolute atomic E-state index is 4.34. The lowest BCUT2D eigenvalue weighted by Gasteiger charge is -1.95. The zero-order chi connectivity index (χ0) is 8.72. The number of benzene rings is 1. The topological polar surface area (TPSA) is 17.8 Å². The molecular weight excluding hydrogens is 216 g/mol. The van der Waals surface area contributed by atoms with Gasteiger partial charge in [0.15, 0.2) is 0 Å². The molecule has 0 N–H and O–H groups in total. The molecule has 0 aliphatic rings. The van der Waals surface area contributed by atoms with Gasteiger partial charge in [0, 0.05) is 17.6 Å². The number of rotatable bonds is 0. The van der Waals surface area contributed by atoms with Gasteiger partial charge in [-0.2, -0.15) is 0 Å². The highest BCUT2D eigenvalue weighted by Gasteiger charge is 2.03. The Hall–Kier alpha value is -0.830. The van der Waals surface area contributed by atoms with Crippen molar-refractivity contribution in [1.29, 1.82) is 0 Å². The fourth-order valence-corrected chi connectivity index (χ4v) is 1.54. The van der Waals surface area contributed by atoms with Crippen molar-refractivity contribution in [3.63, 3.8) is 0 Å². The first kappa shape index (κ1) is 7.80. The Morgan fingerprint density at radius 1 is 1.58 bits per heavy atom.